The molecule has 0 amide bonds. The van der Waals surface area contributed by atoms with Crippen LogP contribution >= 0.6 is 7.82 Å². The minimum Gasteiger partial charge on any atom is -0.433 e. The quantitative estimate of drug-likeness (QED) is 0.667. The minimum atomic E-state index is -4.89. The number of hydrogen-bond donors (Lipinski definition) is 2. The van der Waals surface area contributed by atoms with E-state index in [4.69, 9.17) is 14.5 Å². The maximum atomic E-state index is 11.3. The second kappa shape index (κ2) is 5.57. The van der Waals surface area contributed by atoms with Gasteiger partial charge in [0, 0.05) is 5.92 Å². The highest BCUT2D eigenvalue weighted by Gasteiger charge is 2.30. The molecule has 0 saturated carbocycles. The number of carbonyl (C=O) groups excluding carboxylic acids is 1. The van der Waals surface area contributed by atoms with Crippen LogP contribution in [0.3, 0.4) is 0 Å². The molecule has 0 aliphatic heterocycles. The lowest BCUT2D eigenvalue weighted by Gasteiger charge is -2.14. The summed E-state index contributed by atoms with van der Waals surface area (Å²) in [5.74, 6) is -0.184. The number of ether oxygens (including phenoxy) is 1. The van der Waals surface area contributed by atoms with Gasteiger partial charge in [0.1, 0.15) is 6.61 Å². The highest BCUT2D eigenvalue weighted by atomic mass is 31.2. The maximum Gasteiger partial charge on any atom is 0.529 e. The normalized spacial score (nSPS) is 13.4. The summed E-state index contributed by atoms with van der Waals surface area (Å²) in [4.78, 5) is 28.5. The van der Waals surface area contributed by atoms with E-state index >= 15 is 0 Å². The zero-order valence-electron chi connectivity index (χ0n) is 11.4. The van der Waals surface area contributed by atoms with E-state index in [0.717, 1.165) is 22.3 Å². The van der Waals surface area contributed by atoms with Gasteiger partial charge in [-0.15, -0.1) is 0 Å². The minimum absolute atomic E-state index is 0.0488. The Balaban J connectivity index is 1.82. The summed E-state index contributed by atoms with van der Waals surface area (Å²) in [6, 6.07) is 15.5. The standard InChI is InChI=1S/C15H13O6P/c16-15(21-22(17,18)19)20-9-14-12-7-3-1-5-10(12)11-6-2-4-8-13(11)14/h1-8,14H,9H2,(H2,17,18,19). The average Bonchev–Trinajstić information content (AvgIpc) is 2.78. The van der Waals surface area contributed by atoms with Crippen LogP contribution in [0.15, 0.2) is 48.5 Å². The molecule has 2 aromatic rings. The molecular formula is C15H13O6P. The van der Waals surface area contributed by atoms with Crippen molar-refractivity contribution in [1.82, 2.24) is 0 Å². The third-order valence-electron chi connectivity index (χ3n) is 3.52. The van der Waals surface area contributed by atoms with Gasteiger partial charge in [-0.05, 0) is 22.3 Å². The van der Waals surface area contributed by atoms with Crippen molar-refractivity contribution in [2.24, 2.45) is 0 Å². The van der Waals surface area contributed by atoms with E-state index in [-0.39, 0.29) is 12.5 Å². The Morgan fingerprint density at radius 3 is 2.00 bits per heavy atom. The molecule has 0 aromatic heterocycles. The molecule has 1 aliphatic carbocycles. The first-order valence-electron chi connectivity index (χ1n) is 6.56. The Morgan fingerprint density at radius 2 is 1.50 bits per heavy atom. The monoisotopic (exact) mass is 320 g/mol. The van der Waals surface area contributed by atoms with Gasteiger partial charge in [-0.25, -0.2) is 9.36 Å². The van der Waals surface area contributed by atoms with Gasteiger partial charge in [0.15, 0.2) is 0 Å². The number of phosphoric acid groups is 1. The van der Waals surface area contributed by atoms with E-state index in [0.29, 0.717) is 0 Å². The van der Waals surface area contributed by atoms with Crippen molar-refractivity contribution in [2.75, 3.05) is 6.61 Å². The van der Waals surface area contributed by atoms with Gasteiger partial charge in [0.2, 0.25) is 0 Å². The van der Waals surface area contributed by atoms with Crippen LogP contribution < -0.4 is 0 Å². The molecule has 114 valence electrons. The second-order valence-corrected chi connectivity index (χ2v) is 6.03. The summed E-state index contributed by atoms with van der Waals surface area (Å²) in [6.45, 7) is -0.0488. The Bertz CT molecular complexity index is 721. The summed E-state index contributed by atoms with van der Waals surface area (Å²) < 4.78 is 19.3. The SMILES string of the molecule is O=C(OCC1c2ccccc2-c2ccccc21)OP(=O)(O)O. The molecule has 0 heterocycles. The van der Waals surface area contributed by atoms with Gasteiger partial charge in [0.05, 0.1) is 0 Å². The Hall–Kier alpha value is -2.14. The van der Waals surface area contributed by atoms with E-state index in [1.54, 1.807) is 0 Å². The molecule has 0 radical (unpaired) electrons. The molecule has 2 N–H and O–H groups in total. The van der Waals surface area contributed by atoms with Crippen molar-refractivity contribution < 1.29 is 28.4 Å². The largest absolute Gasteiger partial charge is 0.529 e. The van der Waals surface area contributed by atoms with Gasteiger partial charge in [-0.2, -0.15) is 0 Å². The van der Waals surface area contributed by atoms with Crippen molar-refractivity contribution in [2.45, 2.75) is 5.92 Å². The van der Waals surface area contributed by atoms with Crippen LogP contribution in [0.2, 0.25) is 0 Å². The zero-order chi connectivity index (χ0) is 15.7. The first-order valence-corrected chi connectivity index (χ1v) is 8.09. The molecule has 3 rings (SSSR count). The number of fused-ring (bicyclic) bond motifs is 3. The van der Waals surface area contributed by atoms with Crippen LogP contribution in [0.1, 0.15) is 17.0 Å². The molecule has 0 spiro atoms. The van der Waals surface area contributed by atoms with Gasteiger partial charge in [-0.1, -0.05) is 48.5 Å². The van der Waals surface area contributed by atoms with Crippen molar-refractivity contribution in [3.63, 3.8) is 0 Å². The van der Waals surface area contributed by atoms with Crippen LogP contribution in [0.25, 0.3) is 11.1 Å². The first kappa shape index (κ1) is 14.8. The van der Waals surface area contributed by atoms with Crippen molar-refractivity contribution >= 4 is 14.0 Å². The fourth-order valence-corrected chi connectivity index (χ4v) is 2.96. The van der Waals surface area contributed by atoms with Crippen LogP contribution in [0, 0.1) is 0 Å². The summed E-state index contributed by atoms with van der Waals surface area (Å²) in [6.07, 6.45) is -1.38. The number of phosphoric ester groups is 1. The lowest BCUT2D eigenvalue weighted by molar-refractivity contribution is 0.0839. The highest BCUT2D eigenvalue weighted by molar-refractivity contribution is 7.46. The van der Waals surface area contributed by atoms with Gasteiger partial charge in [0.25, 0.3) is 0 Å². The third-order valence-corrected chi connectivity index (χ3v) is 3.91. The van der Waals surface area contributed by atoms with Crippen molar-refractivity contribution in [3.8, 4) is 11.1 Å². The smallest absolute Gasteiger partial charge is 0.433 e. The predicted octanol–water partition coefficient (Wildman–Crippen LogP) is 3.04. The molecule has 0 fully saturated rings. The van der Waals surface area contributed by atoms with Crippen LogP contribution in [-0.4, -0.2) is 22.5 Å². The molecule has 22 heavy (non-hydrogen) atoms. The van der Waals surface area contributed by atoms with Crippen molar-refractivity contribution in [1.29, 1.82) is 0 Å². The molecule has 0 atom stereocenters. The Kier molecular flexibility index (Phi) is 3.74. The van der Waals surface area contributed by atoms with Crippen molar-refractivity contribution in [3.05, 3.63) is 59.7 Å². The molecule has 1 aliphatic rings. The third kappa shape index (κ3) is 2.90. The highest BCUT2D eigenvalue weighted by Crippen LogP contribution is 2.44. The molecule has 0 bridgehead atoms. The number of hydrogen-bond acceptors (Lipinski definition) is 4. The summed E-state index contributed by atoms with van der Waals surface area (Å²) >= 11 is 0. The summed E-state index contributed by atoms with van der Waals surface area (Å²) in [7, 11) is -4.89. The Labute approximate surface area is 126 Å². The molecule has 2 aromatic carbocycles. The summed E-state index contributed by atoms with van der Waals surface area (Å²) in [5.41, 5.74) is 4.14. The van der Waals surface area contributed by atoms with E-state index in [9.17, 15) is 9.36 Å². The van der Waals surface area contributed by atoms with E-state index in [2.05, 4.69) is 4.52 Å². The lowest BCUT2D eigenvalue weighted by Crippen LogP contribution is -2.12. The van der Waals surface area contributed by atoms with Gasteiger partial charge >= 0.3 is 14.0 Å². The number of carbonyl (C=O) groups is 1. The van der Waals surface area contributed by atoms with Crippen LogP contribution in [0.5, 0.6) is 0 Å². The molecule has 7 heteroatoms. The predicted molar refractivity (Wildman–Crippen MR) is 78.2 cm³/mol. The molecule has 0 saturated heterocycles. The molecule has 0 unspecified atom stereocenters. The lowest BCUT2D eigenvalue weighted by atomic mass is 9.98. The first-order chi connectivity index (χ1) is 10.5. The summed E-state index contributed by atoms with van der Waals surface area (Å²) in [5, 5.41) is 0. The van der Waals surface area contributed by atoms with E-state index in [1.807, 2.05) is 48.5 Å². The second-order valence-electron chi connectivity index (χ2n) is 4.87. The van der Waals surface area contributed by atoms with Crippen LogP contribution in [-0.2, 0) is 13.8 Å². The fourth-order valence-electron chi connectivity index (χ4n) is 2.71. The zero-order valence-corrected chi connectivity index (χ0v) is 12.3. The molecule has 6 nitrogen and oxygen atoms in total. The number of rotatable bonds is 3. The Morgan fingerprint density at radius 1 is 1.00 bits per heavy atom. The fraction of sp³-hybridized carbons (Fsp3) is 0.133. The van der Waals surface area contributed by atoms with E-state index in [1.165, 1.54) is 0 Å². The van der Waals surface area contributed by atoms with Crippen LogP contribution in [0.4, 0.5) is 4.79 Å². The number of benzene rings is 2. The van der Waals surface area contributed by atoms with Gasteiger partial charge < -0.3 is 9.26 Å². The van der Waals surface area contributed by atoms with Gasteiger partial charge in [-0.3, -0.25) is 9.79 Å². The molecular weight excluding hydrogens is 307 g/mol. The maximum absolute atomic E-state index is 11.3. The topological polar surface area (TPSA) is 93.1 Å². The average molecular weight is 320 g/mol. The van der Waals surface area contributed by atoms with E-state index < -0.39 is 14.0 Å².